The summed E-state index contributed by atoms with van der Waals surface area (Å²) in [5.74, 6) is 1.26. The topological polar surface area (TPSA) is 58.6 Å². The Balaban J connectivity index is 1.29. The number of hydrogen-bond acceptors (Lipinski definition) is 4. The highest BCUT2D eigenvalue weighted by molar-refractivity contribution is 7.89. The molecule has 1 aliphatic rings. The summed E-state index contributed by atoms with van der Waals surface area (Å²) in [5, 5.41) is 1.34. The van der Waals surface area contributed by atoms with Crippen molar-refractivity contribution in [2.45, 2.75) is 29.9 Å². The highest BCUT2D eigenvalue weighted by Crippen LogP contribution is 2.37. The van der Waals surface area contributed by atoms with E-state index in [1.165, 1.54) is 0 Å². The molecule has 1 saturated heterocycles. The minimum Gasteiger partial charge on any atom is -0.457 e. The zero-order valence-electron chi connectivity index (χ0n) is 20.1. The zero-order valence-corrected chi connectivity index (χ0v) is 22.4. The second kappa shape index (κ2) is 10.9. The van der Waals surface area contributed by atoms with Crippen LogP contribution in [0.3, 0.4) is 0 Å². The number of likely N-dealkylation sites (tertiary alicyclic amines) is 1. The molecule has 1 N–H and O–H groups in total. The van der Waals surface area contributed by atoms with E-state index < -0.39 is 10.0 Å². The standard InChI is InChI=1S/C29H26Cl2N2O3S/c1-20-28(32-37(34,35)27-17-15-26(16-18-27)36-25-5-3-2-4-6-25)19-33(20)29(21-7-11-23(30)12-8-21)22-9-13-24(31)14-10-22/h2-18,20,28-29,32H,19H2,1H3. The van der Waals surface area contributed by atoms with E-state index in [1.54, 1.807) is 24.3 Å². The van der Waals surface area contributed by atoms with Crippen LogP contribution in [-0.2, 0) is 10.0 Å². The van der Waals surface area contributed by atoms with Gasteiger partial charge >= 0.3 is 0 Å². The molecule has 4 aromatic rings. The van der Waals surface area contributed by atoms with Crippen molar-refractivity contribution in [1.29, 1.82) is 0 Å². The number of nitrogens with one attached hydrogen (secondary N) is 1. The number of hydrogen-bond donors (Lipinski definition) is 1. The van der Waals surface area contributed by atoms with Crippen LogP contribution in [0.25, 0.3) is 0 Å². The van der Waals surface area contributed by atoms with Crippen molar-refractivity contribution in [3.63, 3.8) is 0 Å². The third kappa shape index (κ3) is 5.84. The first kappa shape index (κ1) is 25.8. The molecule has 190 valence electrons. The predicted octanol–water partition coefficient (Wildman–Crippen LogP) is 6.93. The average Bonchev–Trinajstić information content (AvgIpc) is 2.90. The van der Waals surface area contributed by atoms with Crippen LogP contribution in [0.1, 0.15) is 24.1 Å². The van der Waals surface area contributed by atoms with Gasteiger partial charge in [-0.2, -0.15) is 0 Å². The fourth-order valence-corrected chi connectivity index (χ4v) is 6.11. The molecule has 0 aromatic heterocycles. The summed E-state index contributed by atoms with van der Waals surface area (Å²) < 4.78 is 34.9. The van der Waals surface area contributed by atoms with Crippen LogP contribution in [0.2, 0.25) is 10.0 Å². The van der Waals surface area contributed by atoms with Crippen molar-refractivity contribution in [3.05, 3.63) is 124 Å². The lowest BCUT2D eigenvalue weighted by Crippen LogP contribution is -2.66. The van der Waals surface area contributed by atoms with Gasteiger partial charge < -0.3 is 4.74 Å². The Morgan fingerprint density at radius 3 is 1.81 bits per heavy atom. The van der Waals surface area contributed by atoms with E-state index >= 15 is 0 Å². The number of rotatable bonds is 8. The summed E-state index contributed by atoms with van der Waals surface area (Å²) in [6.45, 7) is 2.60. The fourth-order valence-electron chi connectivity index (χ4n) is 4.56. The molecule has 2 unspecified atom stereocenters. The molecular formula is C29H26Cl2N2O3S. The van der Waals surface area contributed by atoms with Gasteiger partial charge in [0.25, 0.3) is 0 Å². The first-order valence-corrected chi connectivity index (χ1v) is 14.2. The molecule has 0 radical (unpaired) electrons. The Hall–Kier alpha value is -2.87. The minimum absolute atomic E-state index is 0.0354. The van der Waals surface area contributed by atoms with Crippen molar-refractivity contribution < 1.29 is 13.2 Å². The van der Waals surface area contributed by atoms with E-state index in [4.69, 9.17) is 27.9 Å². The number of benzene rings is 4. The number of sulfonamides is 1. The summed E-state index contributed by atoms with van der Waals surface area (Å²) in [5.41, 5.74) is 2.16. The molecule has 1 fully saturated rings. The second-order valence-corrected chi connectivity index (χ2v) is 11.6. The molecule has 0 saturated carbocycles. The fraction of sp³-hybridized carbons (Fsp3) is 0.172. The highest BCUT2D eigenvalue weighted by atomic mass is 35.5. The van der Waals surface area contributed by atoms with Gasteiger partial charge in [-0.1, -0.05) is 65.7 Å². The molecule has 0 bridgehead atoms. The van der Waals surface area contributed by atoms with Crippen LogP contribution in [0, 0.1) is 0 Å². The van der Waals surface area contributed by atoms with Gasteiger partial charge in [-0.15, -0.1) is 0 Å². The van der Waals surface area contributed by atoms with Crippen molar-refractivity contribution >= 4 is 33.2 Å². The van der Waals surface area contributed by atoms with Crippen molar-refractivity contribution in [1.82, 2.24) is 9.62 Å². The smallest absolute Gasteiger partial charge is 0.240 e. The van der Waals surface area contributed by atoms with Gasteiger partial charge in [0.05, 0.1) is 17.0 Å². The summed E-state index contributed by atoms with van der Waals surface area (Å²) in [6, 6.07) is 31.0. The van der Waals surface area contributed by atoms with E-state index in [0.717, 1.165) is 11.1 Å². The molecule has 37 heavy (non-hydrogen) atoms. The molecule has 1 heterocycles. The summed E-state index contributed by atoms with van der Waals surface area (Å²) in [4.78, 5) is 2.47. The molecule has 8 heteroatoms. The van der Waals surface area contributed by atoms with Crippen LogP contribution < -0.4 is 9.46 Å². The van der Waals surface area contributed by atoms with Crippen LogP contribution in [-0.4, -0.2) is 31.9 Å². The van der Waals surface area contributed by atoms with Crippen molar-refractivity contribution in [2.24, 2.45) is 0 Å². The van der Waals surface area contributed by atoms with E-state index in [2.05, 4.69) is 9.62 Å². The van der Waals surface area contributed by atoms with Gasteiger partial charge in [-0.05, 0) is 78.7 Å². The number of halogens is 2. The van der Waals surface area contributed by atoms with E-state index in [0.29, 0.717) is 28.1 Å². The zero-order chi connectivity index (χ0) is 26.0. The van der Waals surface area contributed by atoms with E-state index in [1.807, 2.05) is 85.8 Å². The number of para-hydroxylation sites is 1. The molecule has 2 atom stereocenters. The molecular weight excluding hydrogens is 527 g/mol. The molecule has 0 aliphatic carbocycles. The maximum Gasteiger partial charge on any atom is 0.240 e. The Labute approximate surface area is 227 Å². The van der Waals surface area contributed by atoms with Gasteiger partial charge in [0.2, 0.25) is 10.0 Å². The normalized spacial score (nSPS) is 17.9. The lowest BCUT2D eigenvalue weighted by molar-refractivity contribution is 0.0370. The Bertz CT molecular complexity index is 1400. The van der Waals surface area contributed by atoms with Gasteiger partial charge in [-0.25, -0.2) is 13.1 Å². The third-order valence-electron chi connectivity index (χ3n) is 6.64. The van der Waals surface area contributed by atoms with Crippen LogP contribution in [0.4, 0.5) is 0 Å². The molecule has 4 aromatic carbocycles. The first-order valence-electron chi connectivity index (χ1n) is 11.9. The summed E-state index contributed by atoms with van der Waals surface area (Å²) >= 11 is 12.3. The molecule has 5 rings (SSSR count). The van der Waals surface area contributed by atoms with Crippen molar-refractivity contribution in [2.75, 3.05) is 6.54 Å². The van der Waals surface area contributed by atoms with Crippen molar-refractivity contribution in [3.8, 4) is 11.5 Å². The molecule has 1 aliphatic heterocycles. The Morgan fingerprint density at radius 1 is 0.784 bits per heavy atom. The maximum absolute atomic E-state index is 13.1. The Morgan fingerprint density at radius 2 is 1.30 bits per heavy atom. The van der Waals surface area contributed by atoms with E-state index in [-0.39, 0.29) is 23.0 Å². The lowest BCUT2D eigenvalue weighted by Gasteiger charge is -2.50. The second-order valence-electron chi connectivity index (χ2n) is 9.06. The van der Waals surface area contributed by atoms with Crippen LogP contribution >= 0.6 is 23.2 Å². The Kier molecular flexibility index (Phi) is 7.56. The van der Waals surface area contributed by atoms with Crippen LogP contribution in [0.5, 0.6) is 11.5 Å². The SMILES string of the molecule is CC1C(NS(=O)(=O)c2ccc(Oc3ccccc3)cc2)CN1C(c1ccc(Cl)cc1)c1ccc(Cl)cc1. The number of nitrogens with zero attached hydrogens (tertiary/aromatic N) is 1. The van der Waals surface area contributed by atoms with Crippen LogP contribution in [0.15, 0.2) is 108 Å². The third-order valence-corrected chi connectivity index (χ3v) is 8.65. The molecule has 5 nitrogen and oxygen atoms in total. The largest absolute Gasteiger partial charge is 0.457 e. The van der Waals surface area contributed by atoms with E-state index in [9.17, 15) is 8.42 Å². The quantitative estimate of drug-likeness (QED) is 0.257. The summed E-state index contributed by atoms with van der Waals surface area (Å²) in [7, 11) is -3.70. The van der Waals surface area contributed by atoms with Gasteiger partial charge in [0.15, 0.2) is 0 Å². The summed E-state index contributed by atoms with van der Waals surface area (Å²) in [6.07, 6.45) is 0. The highest BCUT2D eigenvalue weighted by Gasteiger charge is 2.42. The minimum atomic E-state index is -3.70. The van der Waals surface area contributed by atoms with Gasteiger partial charge in [0, 0.05) is 22.6 Å². The molecule has 0 amide bonds. The van der Waals surface area contributed by atoms with Gasteiger partial charge in [-0.3, -0.25) is 4.90 Å². The molecule has 0 spiro atoms. The maximum atomic E-state index is 13.1. The average molecular weight is 554 g/mol. The monoisotopic (exact) mass is 552 g/mol. The number of ether oxygens (including phenoxy) is 1. The first-order chi connectivity index (χ1) is 17.8. The van der Waals surface area contributed by atoms with Gasteiger partial charge in [0.1, 0.15) is 11.5 Å². The predicted molar refractivity (Wildman–Crippen MR) is 148 cm³/mol. The lowest BCUT2D eigenvalue weighted by atomic mass is 9.89.